The van der Waals surface area contributed by atoms with Gasteiger partial charge >= 0.3 is 0 Å². The predicted molar refractivity (Wildman–Crippen MR) is 74.0 cm³/mol. The van der Waals surface area contributed by atoms with Crippen molar-refractivity contribution in [1.82, 2.24) is 5.32 Å². The van der Waals surface area contributed by atoms with E-state index in [4.69, 9.17) is 4.74 Å². The Morgan fingerprint density at radius 1 is 1.26 bits per heavy atom. The Bertz CT molecular complexity index is 406. The zero-order valence-electron chi connectivity index (χ0n) is 11.4. The summed E-state index contributed by atoms with van der Waals surface area (Å²) in [6, 6.07) is 9.32. The predicted octanol–water partition coefficient (Wildman–Crippen LogP) is 1.19. The highest BCUT2D eigenvalue weighted by atomic mass is 16.5. The molecule has 1 rings (SSSR count). The lowest BCUT2D eigenvalue weighted by Crippen LogP contribution is -2.34. The van der Waals surface area contributed by atoms with Gasteiger partial charge in [-0.3, -0.25) is 9.59 Å². The van der Waals surface area contributed by atoms with Crippen LogP contribution in [0.15, 0.2) is 30.3 Å². The average Bonchev–Trinajstić information content (AvgIpc) is 2.40. The highest BCUT2D eigenvalue weighted by Gasteiger charge is 2.12. The molecule has 0 saturated carbocycles. The molecule has 1 N–H and O–H groups in total. The van der Waals surface area contributed by atoms with Crippen LogP contribution >= 0.6 is 0 Å². The summed E-state index contributed by atoms with van der Waals surface area (Å²) in [7, 11) is 1.58. The number of para-hydroxylation sites is 1. The second-order valence-corrected chi connectivity index (χ2v) is 4.10. The van der Waals surface area contributed by atoms with Crippen molar-refractivity contribution in [2.45, 2.75) is 13.3 Å². The van der Waals surface area contributed by atoms with Crippen molar-refractivity contribution in [3.8, 4) is 0 Å². The van der Waals surface area contributed by atoms with E-state index >= 15 is 0 Å². The summed E-state index contributed by atoms with van der Waals surface area (Å²) in [5.41, 5.74) is 0.805. The summed E-state index contributed by atoms with van der Waals surface area (Å²) in [6.45, 7) is 2.84. The van der Waals surface area contributed by atoms with Gasteiger partial charge in [-0.05, 0) is 12.1 Å². The molecule has 5 nitrogen and oxygen atoms in total. The summed E-state index contributed by atoms with van der Waals surface area (Å²) in [5.74, 6) is -0.157. The van der Waals surface area contributed by atoms with Crippen LogP contribution in [0, 0.1) is 0 Å². The minimum absolute atomic E-state index is 0.0732. The van der Waals surface area contributed by atoms with Crippen LogP contribution in [0.5, 0.6) is 0 Å². The zero-order valence-corrected chi connectivity index (χ0v) is 11.4. The van der Waals surface area contributed by atoms with Gasteiger partial charge in [0.15, 0.2) is 0 Å². The number of nitrogens with one attached hydrogen (secondary N) is 1. The first-order valence-corrected chi connectivity index (χ1v) is 6.24. The number of ether oxygens (including phenoxy) is 1. The molecule has 0 saturated heterocycles. The van der Waals surface area contributed by atoms with Crippen molar-refractivity contribution in [2.24, 2.45) is 0 Å². The molecule has 104 valence electrons. The monoisotopic (exact) mass is 264 g/mol. The van der Waals surface area contributed by atoms with E-state index in [-0.39, 0.29) is 18.2 Å². The highest BCUT2D eigenvalue weighted by Crippen LogP contribution is 2.13. The molecule has 0 aliphatic heterocycles. The molecule has 2 amide bonds. The number of methoxy groups -OCH3 is 1. The molecule has 0 bridgehead atoms. The third-order valence-corrected chi connectivity index (χ3v) is 2.64. The maximum Gasteiger partial charge on any atom is 0.223 e. The number of anilines is 1. The minimum atomic E-state index is -0.0840. The summed E-state index contributed by atoms with van der Waals surface area (Å²) < 4.78 is 4.85. The third-order valence-electron chi connectivity index (χ3n) is 2.64. The molecule has 0 aliphatic rings. The van der Waals surface area contributed by atoms with Crippen LogP contribution in [-0.2, 0) is 14.3 Å². The molecule has 0 aliphatic carbocycles. The minimum Gasteiger partial charge on any atom is -0.383 e. The van der Waals surface area contributed by atoms with Crippen molar-refractivity contribution in [3.63, 3.8) is 0 Å². The van der Waals surface area contributed by atoms with Crippen LogP contribution in [0.3, 0.4) is 0 Å². The summed E-state index contributed by atoms with van der Waals surface area (Å²) in [4.78, 5) is 24.8. The summed E-state index contributed by atoms with van der Waals surface area (Å²) in [5, 5.41) is 2.73. The van der Waals surface area contributed by atoms with Crippen molar-refractivity contribution < 1.29 is 14.3 Å². The first-order chi connectivity index (χ1) is 9.15. The molecule has 0 radical (unpaired) electrons. The van der Waals surface area contributed by atoms with Crippen molar-refractivity contribution >= 4 is 17.5 Å². The average molecular weight is 264 g/mol. The van der Waals surface area contributed by atoms with Gasteiger partial charge in [0, 0.05) is 39.2 Å². The molecule has 0 heterocycles. The van der Waals surface area contributed by atoms with Gasteiger partial charge in [-0.25, -0.2) is 0 Å². The van der Waals surface area contributed by atoms with Gasteiger partial charge in [-0.15, -0.1) is 0 Å². The fourth-order valence-corrected chi connectivity index (χ4v) is 1.67. The molecular formula is C14H20N2O3. The van der Waals surface area contributed by atoms with Crippen molar-refractivity contribution in [3.05, 3.63) is 30.3 Å². The van der Waals surface area contributed by atoms with Gasteiger partial charge in [0.2, 0.25) is 11.8 Å². The third kappa shape index (κ3) is 5.52. The number of hydrogen-bond donors (Lipinski definition) is 1. The van der Waals surface area contributed by atoms with E-state index in [1.54, 1.807) is 12.0 Å². The Labute approximate surface area is 113 Å². The smallest absolute Gasteiger partial charge is 0.223 e. The molecule has 0 atom stereocenters. The molecule has 0 unspecified atom stereocenters. The lowest BCUT2D eigenvalue weighted by molar-refractivity contribution is -0.121. The molecule has 5 heteroatoms. The Balaban J connectivity index is 2.47. The number of benzene rings is 1. The van der Waals surface area contributed by atoms with Gasteiger partial charge in [-0.2, -0.15) is 0 Å². The van der Waals surface area contributed by atoms with E-state index < -0.39 is 0 Å². The van der Waals surface area contributed by atoms with Gasteiger partial charge in [0.1, 0.15) is 0 Å². The lowest BCUT2D eigenvalue weighted by Gasteiger charge is -2.20. The van der Waals surface area contributed by atoms with Crippen molar-refractivity contribution in [1.29, 1.82) is 0 Å². The number of carbonyl (C=O) groups excluding carboxylic acids is 2. The van der Waals surface area contributed by atoms with Crippen LogP contribution in [0.4, 0.5) is 5.69 Å². The molecular weight excluding hydrogens is 244 g/mol. The number of rotatable bonds is 7. The lowest BCUT2D eigenvalue weighted by atomic mass is 10.2. The second kappa shape index (κ2) is 8.26. The van der Waals surface area contributed by atoms with Gasteiger partial charge in [0.05, 0.1) is 6.61 Å². The topological polar surface area (TPSA) is 58.6 Å². The molecule has 0 aromatic heterocycles. The van der Waals surface area contributed by atoms with Gasteiger partial charge in [0.25, 0.3) is 0 Å². The largest absolute Gasteiger partial charge is 0.383 e. The van der Waals surface area contributed by atoms with Gasteiger partial charge < -0.3 is 15.0 Å². The van der Waals surface area contributed by atoms with Crippen LogP contribution < -0.4 is 10.2 Å². The number of nitrogens with zero attached hydrogens (tertiary/aromatic N) is 1. The van der Waals surface area contributed by atoms with E-state index in [1.807, 2.05) is 30.3 Å². The Hall–Kier alpha value is -1.88. The molecule has 1 aromatic carbocycles. The summed E-state index contributed by atoms with van der Waals surface area (Å²) >= 11 is 0. The number of hydrogen-bond acceptors (Lipinski definition) is 3. The molecule has 0 spiro atoms. The van der Waals surface area contributed by atoms with E-state index in [1.165, 1.54) is 6.92 Å². The molecule has 0 fully saturated rings. The number of amides is 2. The van der Waals surface area contributed by atoms with E-state index in [9.17, 15) is 9.59 Å². The van der Waals surface area contributed by atoms with Crippen molar-refractivity contribution in [2.75, 3.05) is 31.7 Å². The molecule has 19 heavy (non-hydrogen) atoms. The maximum atomic E-state index is 11.6. The summed E-state index contributed by atoms with van der Waals surface area (Å²) in [6.07, 6.45) is 0.276. The van der Waals surface area contributed by atoms with Crippen LogP contribution in [-0.4, -0.2) is 38.6 Å². The standard InChI is InChI=1S/C14H20N2O3/c1-12(17)16(13-6-4-3-5-7-13)10-8-14(18)15-9-11-19-2/h3-7H,8-11H2,1-2H3,(H,15,18). The van der Waals surface area contributed by atoms with E-state index in [2.05, 4.69) is 5.32 Å². The van der Waals surface area contributed by atoms with Gasteiger partial charge in [-0.1, -0.05) is 18.2 Å². The van der Waals surface area contributed by atoms with Crippen LogP contribution in [0.1, 0.15) is 13.3 Å². The van der Waals surface area contributed by atoms with Crippen LogP contribution in [0.2, 0.25) is 0 Å². The Morgan fingerprint density at radius 3 is 2.53 bits per heavy atom. The quantitative estimate of drug-likeness (QED) is 0.753. The van der Waals surface area contributed by atoms with E-state index in [0.717, 1.165) is 5.69 Å². The molecule has 1 aromatic rings. The normalized spacial score (nSPS) is 10.0. The van der Waals surface area contributed by atoms with E-state index in [0.29, 0.717) is 19.7 Å². The highest BCUT2D eigenvalue weighted by molar-refractivity contribution is 5.92. The second-order valence-electron chi connectivity index (χ2n) is 4.10. The fraction of sp³-hybridized carbons (Fsp3) is 0.429. The SMILES string of the molecule is COCCNC(=O)CCN(C(C)=O)c1ccccc1. The Morgan fingerprint density at radius 2 is 1.95 bits per heavy atom. The fourth-order valence-electron chi connectivity index (χ4n) is 1.67. The number of carbonyl (C=O) groups is 2. The first-order valence-electron chi connectivity index (χ1n) is 6.24. The Kier molecular flexibility index (Phi) is 6.60. The first kappa shape index (κ1) is 15.2. The zero-order chi connectivity index (χ0) is 14.1. The van der Waals surface area contributed by atoms with Crippen LogP contribution in [0.25, 0.3) is 0 Å². The maximum absolute atomic E-state index is 11.6.